The third kappa shape index (κ3) is 3.49. The zero-order valence-electron chi connectivity index (χ0n) is 12.2. The molecule has 0 radical (unpaired) electrons. The van der Waals surface area contributed by atoms with Crippen molar-refractivity contribution in [1.82, 2.24) is 14.5 Å². The van der Waals surface area contributed by atoms with Crippen LogP contribution in [-0.4, -0.2) is 34.1 Å². The maximum Gasteiger partial charge on any atom is 0.160 e. The monoisotopic (exact) mass is 295 g/mol. The van der Waals surface area contributed by atoms with Crippen LogP contribution in [0.25, 0.3) is 11.2 Å². The lowest BCUT2D eigenvalue weighted by molar-refractivity contribution is 0.191. The van der Waals surface area contributed by atoms with Crippen LogP contribution in [-0.2, 0) is 17.7 Å². The second kappa shape index (κ2) is 7.60. The molecule has 0 aliphatic rings. The van der Waals surface area contributed by atoms with Crippen molar-refractivity contribution in [3.05, 3.63) is 23.7 Å². The van der Waals surface area contributed by atoms with Crippen LogP contribution in [0, 0.1) is 6.92 Å². The number of hydrogen-bond acceptors (Lipinski definition) is 3. The summed E-state index contributed by atoms with van der Waals surface area (Å²) in [7, 11) is 1.74. The van der Waals surface area contributed by atoms with Gasteiger partial charge < -0.3 is 9.30 Å². The van der Waals surface area contributed by atoms with Gasteiger partial charge in [-0.2, -0.15) is 0 Å². The molecule has 0 aliphatic carbocycles. The Morgan fingerprint density at radius 2 is 2.15 bits per heavy atom. The molecular formula is C15H22ClN3O. The molecule has 5 heteroatoms. The number of fused-ring (bicyclic) bond motifs is 1. The predicted molar refractivity (Wildman–Crippen MR) is 82.4 cm³/mol. The van der Waals surface area contributed by atoms with E-state index in [4.69, 9.17) is 21.3 Å². The van der Waals surface area contributed by atoms with Crippen molar-refractivity contribution in [3.63, 3.8) is 0 Å². The average molecular weight is 296 g/mol. The quantitative estimate of drug-likeness (QED) is 0.554. The number of imidazole rings is 1. The number of hydrogen-bond donors (Lipinski definition) is 0. The Bertz CT molecular complexity index is 553. The molecule has 2 rings (SSSR count). The van der Waals surface area contributed by atoms with Crippen molar-refractivity contribution in [3.8, 4) is 0 Å². The van der Waals surface area contributed by atoms with E-state index in [0.717, 1.165) is 55.8 Å². The van der Waals surface area contributed by atoms with Gasteiger partial charge in [-0.15, -0.1) is 11.6 Å². The smallest absolute Gasteiger partial charge is 0.160 e. The summed E-state index contributed by atoms with van der Waals surface area (Å²) < 4.78 is 7.30. The Hall–Kier alpha value is -1.13. The van der Waals surface area contributed by atoms with Gasteiger partial charge in [0, 0.05) is 38.8 Å². The Labute approximate surface area is 125 Å². The standard InChI is InChI=1S/C15H22ClN3O/c1-12-7-9-17-15-14(12)18-13(6-8-16)19(15)10-4-3-5-11-20-2/h7,9H,3-6,8,10-11H2,1-2H3. The van der Waals surface area contributed by atoms with E-state index < -0.39 is 0 Å². The van der Waals surface area contributed by atoms with E-state index in [-0.39, 0.29) is 0 Å². The van der Waals surface area contributed by atoms with Crippen LogP contribution < -0.4 is 0 Å². The molecule has 0 fully saturated rings. The van der Waals surface area contributed by atoms with E-state index in [1.54, 1.807) is 7.11 Å². The molecule has 0 aromatic carbocycles. The van der Waals surface area contributed by atoms with Gasteiger partial charge >= 0.3 is 0 Å². The highest BCUT2D eigenvalue weighted by atomic mass is 35.5. The number of halogens is 1. The molecule has 0 spiro atoms. The third-order valence-electron chi connectivity index (χ3n) is 3.46. The Kier molecular flexibility index (Phi) is 5.80. The molecule has 0 saturated carbocycles. The van der Waals surface area contributed by atoms with Gasteiger partial charge in [-0.05, 0) is 37.8 Å². The molecule has 4 nitrogen and oxygen atoms in total. The second-order valence-corrected chi connectivity index (χ2v) is 5.35. The van der Waals surface area contributed by atoms with Crippen molar-refractivity contribution in [2.45, 2.75) is 39.2 Å². The number of pyridine rings is 1. The van der Waals surface area contributed by atoms with Gasteiger partial charge in [0.05, 0.1) is 0 Å². The molecule has 0 unspecified atom stereocenters. The molecular weight excluding hydrogens is 274 g/mol. The number of nitrogens with zero attached hydrogens (tertiary/aromatic N) is 3. The average Bonchev–Trinajstić information content (AvgIpc) is 2.79. The SMILES string of the molecule is COCCCCCn1c(CCCl)nc2c(C)ccnc21. The summed E-state index contributed by atoms with van der Waals surface area (Å²) in [5, 5.41) is 0. The molecule has 110 valence electrons. The van der Waals surface area contributed by atoms with Gasteiger partial charge in [0.25, 0.3) is 0 Å². The predicted octanol–water partition coefficient (Wildman–Crippen LogP) is 3.34. The van der Waals surface area contributed by atoms with Crippen molar-refractivity contribution >= 4 is 22.8 Å². The van der Waals surface area contributed by atoms with Crippen LogP contribution in [0.1, 0.15) is 30.7 Å². The number of aromatic nitrogens is 3. The van der Waals surface area contributed by atoms with Crippen LogP contribution in [0.4, 0.5) is 0 Å². The van der Waals surface area contributed by atoms with Gasteiger partial charge in [-0.25, -0.2) is 9.97 Å². The first-order valence-electron chi connectivity index (χ1n) is 7.13. The number of unbranched alkanes of at least 4 members (excludes halogenated alkanes) is 2. The highest BCUT2D eigenvalue weighted by molar-refractivity contribution is 6.17. The molecule has 0 amide bonds. The number of alkyl halides is 1. The summed E-state index contributed by atoms with van der Waals surface area (Å²) in [5.74, 6) is 1.63. The Balaban J connectivity index is 2.16. The van der Waals surface area contributed by atoms with Crippen LogP contribution in [0.3, 0.4) is 0 Å². The molecule has 0 N–H and O–H groups in total. The topological polar surface area (TPSA) is 39.9 Å². The van der Waals surface area contributed by atoms with E-state index in [0.29, 0.717) is 5.88 Å². The molecule has 2 aromatic heterocycles. The van der Waals surface area contributed by atoms with Gasteiger partial charge in [-0.3, -0.25) is 0 Å². The lowest BCUT2D eigenvalue weighted by Crippen LogP contribution is -2.06. The van der Waals surface area contributed by atoms with Gasteiger partial charge in [0.2, 0.25) is 0 Å². The number of ether oxygens (including phenoxy) is 1. The molecule has 0 atom stereocenters. The van der Waals surface area contributed by atoms with Crippen molar-refractivity contribution < 1.29 is 4.74 Å². The van der Waals surface area contributed by atoms with Crippen LogP contribution in [0.2, 0.25) is 0 Å². The van der Waals surface area contributed by atoms with Crippen molar-refractivity contribution in [2.75, 3.05) is 19.6 Å². The minimum atomic E-state index is 0.589. The first-order chi connectivity index (χ1) is 9.77. The van der Waals surface area contributed by atoms with Crippen LogP contribution >= 0.6 is 11.6 Å². The summed E-state index contributed by atoms with van der Waals surface area (Å²) in [6.45, 7) is 3.85. The minimum Gasteiger partial charge on any atom is -0.385 e. The van der Waals surface area contributed by atoms with Gasteiger partial charge in [0.1, 0.15) is 11.3 Å². The van der Waals surface area contributed by atoms with E-state index in [9.17, 15) is 0 Å². The fraction of sp³-hybridized carbons (Fsp3) is 0.600. The first-order valence-corrected chi connectivity index (χ1v) is 7.67. The van der Waals surface area contributed by atoms with Crippen molar-refractivity contribution in [1.29, 1.82) is 0 Å². The van der Waals surface area contributed by atoms with E-state index in [1.807, 2.05) is 12.3 Å². The van der Waals surface area contributed by atoms with Crippen LogP contribution in [0.5, 0.6) is 0 Å². The molecule has 0 saturated heterocycles. The largest absolute Gasteiger partial charge is 0.385 e. The fourth-order valence-electron chi connectivity index (χ4n) is 2.39. The highest BCUT2D eigenvalue weighted by Gasteiger charge is 2.12. The Morgan fingerprint density at radius 1 is 1.30 bits per heavy atom. The zero-order chi connectivity index (χ0) is 14.4. The van der Waals surface area contributed by atoms with Crippen LogP contribution in [0.15, 0.2) is 12.3 Å². The number of aryl methyl sites for hydroxylation is 3. The molecule has 2 aromatic rings. The summed E-state index contributed by atoms with van der Waals surface area (Å²) >= 11 is 5.89. The normalized spacial score (nSPS) is 11.3. The number of rotatable bonds is 8. The zero-order valence-corrected chi connectivity index (χ0v) is 13.0. The highest BCUT2D eigenvalue weighted by Crippen LogP contribution is 2.19. The molecule has 0 bridgehead atoms. The second-order valence-electron chi connectivity index (χ2n) is 4.97. The lowest BCUT2D eigenvalue weighted by atomic mass is 10.2. The lowest BCUT2D eigenvalue weighted by Gasteiger charge is -2.07. The molecule has 2 heterocycles. The van der Waals surface area contributed by atoms with Gasteiger partial charge in [-0.1, -0.05) is 0 Å². The maximum absolute atomic E-state index is 5.89. The number of methoxy groups -OCH3 is 1. The summed E-state index contributed by atoms with van der Waals surface area (Å²) in [5.41, 5.74) is 3.16. The minimum absolute atomic E-state index is 0.589. The fourth-order valence-corrected chi connectivity index (χ4v) is 2.56. The maximum atomic E-state index is 5.89. The van der Waals surface area contributed by atoms with E-state index >= 15 is 0 Å². The third-order valence-corrected chi connectivity index (χ3v) is 3.65. The Morgan fingerprint density at radius 3 is 2.90 bits per heavy atom. The first kappa shape index (κ1) is 15.3. The summed E-state index contributed by atoms with van der Waals surface area (Å²) in [6, 6.07) is 2.00. The molecule has 0 aliphatic heterocycles. The van der Waals surface area contributed by atoms with E-state index in [1.165, 1.54) is 5.56 Å². The summed E-state index contributed by atoms with van der Waals surface area (Å²) in [4.78, 5) is 9.20. The van der Waals surface area contributed by atoms with E-state index in [2.05, 4.69) is 16.5 Å². The summed E-state index contributed by atoms with van der Waals surface area (Å²) in [6.07, 6.45) is 6.00. The van der Waals surface area contributed by atoms with Crippen molar-refractivity contribution in [2.24, 2.45) is 0 Å². The molecule has 20 heavy (non-hydrogen) atoms. The van der Waals surface area contributed by atoms with Gasteiger partial charge in [0.15, 0.2) is 5.65 Å².